The van der Waals surface area contributed by atoms with E-state index in [-0.39, 0.29) is 11.4 Å². The first-order chi connectivity index (χ1) is 9.45. The second kappa shape index (κ2) is 5.90. The maximum atomic E-state index is 13.2. The topological polar surface area (TPSA) is 85.1 Å². The zero-order chi connectivity index (χ0) is 14.7. The highest BCUT2D eigenvalue weighted by atomic mass is 127. The van der Waals surface area contributed by atoms with E-state index in [9.17, 15) is 19.3 Å². The first-order valence-corrected chi connectivity index (χ1v) is 6.41. The minimum atomic E-state index is -0.847. The Kier molecular flexibility index (Phi) is 4.23. The van der Waals surface area contributed by atoms with E-state index >= 15 is 0 Å². The molecule has 0 saturated heterocycles. The minimum absolute atomic E-state index is 0.142. The maximum Gasteiger partial charge on any atom is 0.273 e. The molecule has 0 bridgehead atoms. The zero-order valence-corrected chi connectivity index (χ0v) is 12.0. The summed E-state index contributed by atoms with van der Waals surface area (Å²) in [5.41, 5.74) is -0.622. The lowest BCUT2D eigenvalue weighted by molar-refractivity contribution is -0.385. The number of nitro groups is 1. The Balaban J connectivity index is 2.25. The third-order valence-corrected chi connectivity index (χ3v) is 2.96. The Morgan fingerprint density at radius 2 is 2.10 bits per heavy atom. The standard InChI is InChI=1S/C12H7FIN3O3/c13-8-3-7(4-10(5-8)17(19)20)12(18)16-11-2-1-9(14)6-15-11/h1-6H,(H,15,16,18). The van der Waals surface area contributed by atoms with Gasteiger partial charge in [-0.15, -0.1) is 0 Å². The summed E-state index contributed by atoms with van der Waals surface area (Å²) in [4.78, 5) is 25.7. The van der Waals surface area contributed by atoms with Crippen molar-refractivity contribution in [3.05, 3.63) is 61.6 Å². The Morgan fingerprint density at radius 3 is 2.70 bits per heavy atom. The number of anilines is 1. The van der Waals surface area contributed by atoms with Crippen molar-refractivity contribution in [3.8, 4) is 0 Å². The van der Waals surface area contributed by atoms with Crippen LogP contribution in [0.3, 0.4) is 0 Å². The number of carbonyl (C=O) groups is 1. The number of hydrogen-bond donors (Lipinski definition) is 1. The van der Waals surface area contributed by atoms with E-state index in [2.05, 4.69) is 32.9 Å². The van der Waals surface area contributed by atoms with Gasteiger partial charge in [-0.05, 0) is 40.8 Å². The highest BCUT2D eigenvalue weighted by Crippen LogP contribution is 2.17. The maximum absolute atomic E-state index is 13.2. The van der Waals surface area contributed by atoms with Crippen LogP contribution in [0.25, 0.3) is 0 Å². The van der Waals surface area contributed by atoms with E-state index < -0.39 is 22.3 Å². The van der Waals surface area contributed by atoms with E-state index in [0.717, 1.165) is 21.8 Å². The van der Waals surface area contributed by atoms with Crippen molar-refractivity contribution in [1.29, 1.82) is 0 Å². The van der Waals surface area contributed by atoms with Crippen LogP contribution < -0.4 is 5.32 Å². The SMILES string of the molecule is O=C(Nc1ccc(I)cn1)c1cc(F)cc([N+](=O)[O-])c1. The van der Waals surface area contributed by atoms with Crippen LogP contribution in [-0.2, 0) is 0 Å². The first kappa shape index (κ1) is 14.3. The molecule has 0 atom stereocenters. The molecule has 0 spiro atoms. The lowest BCUT2D eigenvalue weighted by Gasteiger charge is -2.04. The number of halogens is 2. The smallest absolute Gasteiger partial charge is 0.273 e. The molecule has 0 saturated carbocycles. The molecule has 0 aliphatic heterocycles. The van der Waals surface area contributed by atoms with E-state index in [1.54, 1.807) is 18.3 Å². The summed E-state index contributed by atoms with van der Waals surface area (Å²) in [5.74, 6) is -1.23. The summed E-state index contributed by atoms with van der Waals surface area (Å²) in [6.07, 6.45) is 1.55. The second-order valence-electron chi connectivity index (χ2n) is 3.77. The van der Waals surface area contributed by atoms with Crippen LogP contribution in [0.5, 0.6) is 0 Å². The fourth-order valence-corrected chi connectivity index (χ4v) is 1.77. The predicted octanol–water partition coefficient (Wildman–Crippen LogP) is 2.99. The molecule has 1 amide bonds. The van der Waals surface area contributed by atoms with Crippen molar-refractivity contribution >= 4 is 40.0 Å². The summed E-state index contributed by atoms with van der Waals surface area (Å²) in [7, 11) is 0. The van der Waals surface area contributed by atoms with E-state index in [1.165, 1.54) is 0 Å². The Morgan fingerprint density at radius 1 is 1.35 bits per heavy atom. The number of carbonyl (C=O) groups excluding carboxylic acids is 1. The van der Waals surface area contributed by atoms with Crippen LogP contribution in [0.15, 0.2) is 36.5 Å². The molecular weight excluding hydrogens is 380 g/mol. The molecule has 1 aromatic carbocycles. The number of nitrogens with one attached hydrogen (secondary N) is 1. The molecule has 1 N–H and O–H groups in total. The van der Waals surface area contributed by atoms with Crippen molar-refractivity contribution < 1.29 is 14.1 Å². The van der Waals surface area contributed by atoms with Gasteiger partial charge in [-0.3, -0.25) is 14.9 Å². The molecule has 1 heterocycles. The van der Waals surface area contributed by atoms with Crippen molar-refractivity contribution in [1.82, 2.24) is 4.98 Å². The van der Waals surface area contributed by atoms with Gasteiger partial charge in [-0.2, -0.15) is 0 Å². The van der Waals surface area contributed by atoms with Gasteiger partial charge in [0.2, 0.25) is 0 Å². The van der Waals surface area contributed by atoms with Gasteiger partial charge in [0.1, 0.15) is 11.6 Å². The summed E-state index contributed by atoms with van der Waals surface area (Å²) >= 11 is 2.06. The summed E-state index contributed by atoms with van der Waals surface area (Å²) < 4.78 is 14.1. The predicted molar refractivity (Wildman–Crippen MR) is 78.0 cm³/mol. The van der Waals surface area contributed by atoms with Gasteiger partial charge in [0.15, 0.2) is 0 Å². The monoisotopic (exact) mass is 387 g/mol. The average Bonchev–Trinajstić information content (AvgIpc) is 2.40. The van der Waals surface area contributed by atoms with Crippen molar-refractivity contribution in [3.63, 3.8) is 0 Å². The Bertz CT molecular complexity index is 676. The minimum Gasteiger partial charge on any atom is -0.307 e. The summed E-state index contributed by atoms with van der Waals surface area (Å²) in [6, 6.07) is 5.99. The third-order valence-electron chi connectivity index (χ3n) is 2.32. The number of nitrogens with zero attached hydrogens (tertiary/aromatic N) is 2. The number of amides is 1. The fourth-order valence-electron chi connectivity index (χ4n) is 1.45. The number of benzene rings is 1. The molecule has 20 heavy (non-hydrogen) atoms. The van der Waals surface area contributed by atoms with Gasteiger partial charge in [-0.1, -0.05) is 0 Å². The van der Waals surface area contributed by atoms with Gasteiger partial charge in [-0.25, -0.2) is 9.37 Å². The van der Waals surface area contributed by atoms with Crippen molar-refractivity contribution in [2.75, 3.05) is 5.32 Å². The molecule has 1 aromatic heterocycles. The molecule has 0 aliphatic carbocycles. The van der Waals surface area contributed by atoms with E-state index in [4.69, 9.17) is 0 Å². The first-order valence-electron chi connectivity index (χ1n) is 5.33. The Hall–Kier alpha value is -2.10. The van der Waals surface area contributed by atoms with Crippen LogP contribution in [0.4, 0.5) is 15.9 Å². The molecule has 6 nitrogen and oxygen atoms in total. The molecule has 2 rings (SSSR count). The third kappa shape index (κ3) is 3.47. The number of pyridine rings is 1. The molecule has 2 aromatic rings. The molecule has 0 aliphatic rings. The number of hydrogen-bond acceptors (Lipinski definition) is 4. The van der Waals surface area contributed by atoms with Crippen LogP contribution in [0.2, 0.25) is 0 Å². The molecule has 0 unspecified atom stereocenters. The lowest BCUT2D eigenvalue weighted by Crippen LogP contribution is -2.13. The number of aromatic nitrogens is 1. The number of rotatable bonds is 3. The zero-order valence-electron chi connectivity index (χ0n) is 9.84. The quantitative estimate of drug-likeness (QED) is 0.499. The highest BCUT2D eigenvalue weighted by molar-refractivity contribution is 14.1. The average molecular weight is 387 g/mol. The van der Waals surface area contributed by atoms with E-state index in [0.29, 0.717) is 0 Å². The lowest BCUT2D eigenvalue weighted by atomic mass is 10.2. The van der Waals surface area contributed by atoms with Crippen molar-refractivity contribution in [2.45, 2.75) is 0 Å². The van der Waals surface area contributed by atoms with Crippen LogP contribution in [-0.4, -0.2) is 15.8 Å². The molecule has 102 valence electrons. The number of nitro benzene ring substituents is 1. The summed E-state index contributed by atoms with van der Waals surface area (Å²) in [6.45, 7) is 0. The molecule has 8 heteroatoms. The van der Waals surface area contributed by atoms with E-state index in [1.807, 2.05) is 0 Å². The largest absolute Gasteiger partial charge is 0.307 e. The van der Waals surface area contributed by atoms with Crippen LogP contribution in [0, 0.1) is 19.5 Å². The molecule has 0 radical (unpaired) electrons. The normalized spacial score (nSPS) is 10.1. The molecular formula is C12H7FIN3O3. The molecule has 0 fully saturated rings. The number of non-ortho nitro benzene ring substituents is 1. The fraction of sp³-hybridized carbons (Fsp3) is 0. The van der Waals surface area contributed by atoms with Crippen LogP contribution in [0.1, 0.15) is 10.4 Å². The van der Waals surface area contributed by atoms with Gasteiger partial charge < -0.3 is 5.32 Å². The second-order valence-corrected chi connectivity index (χ2v) is 5.02. The van der Waals surface area contributed by atoms with Gasteiger partial charge in [0.05, 0.1) is 11.0 Å². The highest BCUT2D eigenvalue weighted by Gasteiger charge is 2.15. The van der Waals surface area contributed by atoms with Gasteiger partial charge in [0, 0.05) is 21.4 Å². The van der Waals surface area contributed by atoms with Crippen LogP contribution >= 0.6 is 22.6 Å². The summed E-state index contributed by atoms with van der Waals surface area (Å²) in [5, 5.41) is 13.1. The van der Waals surface area contributed by atoms with Gasteiger partial charge in [0.25, 0.3) is 11.6 Å². The van der Waals surface area contributed by atoms with Gasteiger partial charge >= 0.3 is 0 Å². The van der Waals surface area contributed by atoms with Crippen molar-refractivity contribution in [2.24, 2.45) is 0 Å². The Labute approximate surface area is 126 Å².